The maximum Gasteiger partial charge on any atom is 0.221 e. The van der Waals surface area contributed by atoms with Crippen molar-refractivity contribution in [1.82, 2.24) is 5.32 Å². The molecule has 0 radical (unpaired) electrons. The first-order chi connectivity index (χ1) is 11.0. The van der Waals surface area contributed by atoms with Crippen molar-refractivity contribution in [2.24, 2.45) is 0 Å². The van der Waals surface area contributed by atoms with E-state index in [1.54, 1.807) is 6.07 Å². The third kappa shape index (κ3) is 2.46. The van der Waals surface area contributed by atoms with Gasteiger partial charge in [0.15, 0.2) is 0 Å². The quantitative estimate of drug-likeness (QED) is 0.720. The summed E-state index contributed by atoms with van der Waals surface area (Å²) in [6.07, 6.45) is 1.23. The van der Waals surface area contributed by atoms with E-state index in [9.17, 15) is 4.79 Å². The predicted octanol–water partition coefficient (Wildman–Crippen LogP) is 5.41. The molecule has 1 N–H and O–H groups in total. The molecule has 1 atom stereocenters. The Kier molecular flexibility index (Phi) is 3.64. The van der Waals surface area contributed by atoms with Gasteiger partial charge < -0.3 is 5.32 Å². The molecule has 1 aliphatic heterocycles. The van der Waals surface area contributed by atoms with E-state index in [1.807, 2.05) is 30.3 Å². The van der Waals surface area contributed by atoms with Crippen LogP contribution in [-0.4, -0.2) is 5.91 Å². The molecule has 2 nitrogen and oxygen atoms in total. The van der Waals surface area contributed by atoms with E-state index in [4.69, 9.17) is 34.8 Å². The molecular weight excluding hydrogens is 353 g/mol. The Morgan fingerprint density at radius 2 is 1.78 bits per heavy atom. The van der Waals surface area contributed by atoms with E-state index >= 15 is 0 Å². The van der Waals surface area contributed by atoms with Crippen molar-refractivity contribution in [2.75, 3.05) is 0 Å². The molecule has 23 heavy (non-hydrogen) atoms. The van der Waals surface area contributed by atoms with E-state index < -0.39 is 0 Å². The lowest BCUT2D eigenvalue weighted by molar-refractivity contribution is -0.122. The van der Waals surface area contributed by atoms with Gasteiger partial charge in [0, 0.05) is 11.4 Å². The van der Waals surface area contributed by atoms with Crippen LogP contribution >= 0.6 is 34.8 Å². The monoisotopic (exact) mass is 363 g/mol. The van der Waals surface area contributed by atoms with Gasteiger partial charge in [-0.15, -0.1) is 0 Å². The van der Waals surface area contributed by atoms with Crippen LogP contribution in [-0.2, 0) is 4.79 Å². The summed E-state index contributed by atoms with van der Waals surface area (Å²) in [4.78, 5) is 11.8. The normalized spacial score (nSPS) is 19.4. The molecular formula is C18H12Cl3NO. The van der Waals surface area contributed by atoms with Crippen LogP contribution in [0.3, 0.4) is 0 Å². The molecule has 1 saturated heterocycles. The Morgan fingerprint density at radius 1 is 0.957 bits per heavy atom. The third-order valence-corrected chi connectivity index (χ3v) is 5.37. The number of rotatable bonds is 1. The lowest BCUT2D eigenvalue weighted by Gasteiger charge is -2.24. The van der Waals surface area contributed by atoms with E-state index in [0.29, 0.717) is 21.5 Å². The van der Waals surface area contributed by atoms with E-state index in [1.165, 1.54) is 5.57 Å². The number of hydrogen-bond donors (Lipinski definition) is 1. The molecule has 5 heteroatoms. The summed E-state index contributed by atoms with van der Waals surface area (Å²) in [5.41, 5.74) is 5.44. The zero-order valence-electron chi connectivity index (χ0n) is 12.0. The van der Waals surface area contributed by atoms with Gasteiger partial charge >= 0.3 is 0 Å². The lowest BCUT2D eigenvalue weighted by Crippen LogP contribution is -2.32. The second-order valence-corrected chi connectivity index (χ2v) is 7.01. The number of nitrogens with one attached hydrogen (secondary N) is 1. The van der Waals surface area contributed by atoms with Crippen molar-refractivity contribution in [2.45, 2.75) is 18.9 Å². The van der Waals surface area contributed by atoms with Crippen LogP contribution in [0.1, 0.15) is 35.6 Å². The molecule has 2 aliphatic rings. The summed E-state index contributed by atoms with van der Waals surface area (Å²) >= 11 is 18.4. The van der Waals surface area contributed by atoms with Gasteiger partial charge in [0.1, 0.15) is 0 Å². The molecule has 1 aliphatic carbocycles. The molecule has 0 bridgehead atoms. The topological polar surface area (TPSA) is 29.1 Å². The summed E-state index contributed by atoms with van der Waals surface area (Å²) in [5, 5.41) is 4.80. The average molecular weight is 365 g/mol. The van der Waals surface area contributed by atoms with Crippen molar-refractivity contribution in [3.05, 3.63) is 73.7 Å². The number of benzene rings is 2. The van der Waals surface area contributed by atoms with Gasteiger partial charge in [0.25, 0.3) is 0 Å². The highest BCUT2D eigenvalue weighted by Gasteiger charge is 2.35. The maximum absolute atomic E-state index is 11.8. The van der Waals surface area contributed by atoms with Crippen LogP contribution in [0, 0.1) is 0 Å². The summed E-state index contributed by atoms with van der Waals surface area (Å²) in [5.74, 6) is 0.0787. The zero-order chi connectivity index (χ0) is 16.1. The Hall–Kier alpha value is -1.48. The first-order valence-electron chi connectivity index (χ1n) is 7.32. The minimum absolute atomic E-state index is 0.0760. The van der Waals surface area contributed by atoms with Gasteiger partial charge in [0.05, 0.1) is 16.1 Å². The number of piperidine rings is 1. The van der Waals surface area contributed by atoms with Crippen LogP contribution in [0.5, 0.6) is 0 Å². The largest absolute Gasteiger partial charge is 0.345 e. The fourth-order valence-corrected chi connectivity index (χ4v) is 3.88. The van der Waals surface area contributed by atoms with E-state index in [-0.39, 0.29) is 11.9 Å². The van der Waals surface area contributed by atoms with Crippen LogP contribution in [0.4, 0.5) is 0 Å². The Labute approximate surface area is 149 Å². The molecule has 2 aromatic carbocycles. The molecule has 116 valence electrons. The summed E-state index contributed by atoms with van der Waals surface area (Å²) < 4.78 is 0. The van der Waals surface area contributed by atoms with Gasteiger partial charge in [-0.1, -0.05) is 46.9 Å². The van der Waals surface area contributed by atoms with Crippen LogP contribution in [0.2, 0.25) is 15.1 Å². The molecule has 4 rings (SSSR count). The van der Waals surface area contributed by atoms with Gasteiger partial charge in [-0.25, -0.2) is 0 Å². The van der Waals surface area contributed by atoms with Crippen molar-refractivity contribution >= 4 is 46.3 Å². The molecule has 1 amide bonds. The van der Waals surface area contributed by atoms with Gasteiger partial charge in [-0.2, -0.15) is 0 Å². The number of hydrogen-bond acceptors (Lipinski definition) is 1. The third-order valence-electron chi connectivity index (χ3n) is 4.40. The molecule has 0 saturated carbocycles. The van der Waals surface area contributed by atoms with Gasteiger partial charge in [0.2, 0.25) is 5.91 Å². The van der Waals surface area contributed by atoms with Crippen LogP contribution in [0.25, 0.3) is 5.57 Å². The smallest absolute Gasteiger partial charge is 0.221 e. The fourth-order valence-electron chi connectivity index (χ4n) is 3.41. The highest BCUT2D eigenvalue weighted by Crippen LogP contribution is 2.48. The van der Waals surface area contributed by atoms with Crippen molar-refractivity contribution in [3.63, 3.8) is 0 Å². The highest BCUT2D eigenvalue weighted by molar-refractivity contribution is 6.42. The first-order valence-corrected chi connectivity index (χ1v) is 8.45. The number of halogens is 3. The molecule has 0 aromatic heterocycles. The SMILES string of the molecule is O=C1CCC2=C(c3ccc(Cl)c(Cl)c3)c3cc(Cl)ccc3C2N1. The number of carbonyl (C=O) groups excluding carboxylic acids is 1. The zero-order valence-corrected chi connectivity index (χ0v) is 14.3. The minimum Gasteiger partial charge on any atom is -0.345 e. The average Bonchev–Trinajstić information content (AvgIpc) is 2.83. The van der Waals surface area contributed by atoms with E-state index in [0.717, 1.165) is 28.7 Å². The number of amides is 1. The van der Waals surface area contributed by atoms with E-state index in [2.05, 4.69) is 5.32 Å². The molecule has 1 unspecified atom stereocenters. The van der Waals surface area contributed by atoms with Crippen LogP contribution < -0.4 is 5.32 Å². The first kappa shape index (κ1) is 15.1. The minimum atomic E-state index is -0.0760. The maximum atomic E-state index is 11.8. The van der Waals surface area contributed by atoms with Crippen molar-refractivity contribution in [3.8, 4) is 0 Å². The Balaban J connectivity index is 1.95. The lowest BCUT2D eigenvalue weighted by atomic mass is 9.93. The molecule has 1 heterocycles. The standard InChI is InChI=1S/C18H12Cl3NO/c19-10-2-3-11-13(8-10)17(9-1-5-14(20)15(21)7-9)12-4-6-16(23)22-18(11)12/h1-3,5,7-8,18H,4,6H2,(H,22,23). The summed E-state index contributed by atoms with van der Waals surface area (Å²) in [7, 11) is 0. The summed E-state index contributed by atoms with van der Waals surface area (Å²) in [6, 6.07) is 11.3. The Morgan fingerprint density at radius 3 is 2.57 bits per heavy atom. The van der Waals surface area contributed by atoms with Crippen LogP contribution in [0.15, 0.2) is 42.0 Å². The molecule has 2 aromatic rings. The van der Waals surface area contributed by atoms with Crippen molar-refractivity contribution < 1.29 is 4.79 Å². The number of carbonyl (C=O) groups is 1. The van der Waals surface area contributed by atoms with Crippen molar-refractivity contribution in [1.29, 1.82) is 0 Å². The second kappa shape index (κ2) is 5.55. The number of fused-ring (bicyclic) bond motifs is 3. The molecule has 1 fully saturated rings. The Bertz CT molecular complexity index is 873. The van der Waals surface area contributed by atoms with Gasteiger partial charge in [-0.05, 0) is 58.5 Å². The molecule has 0 spiro atoms. The summed E-state index contributed by atoms with van der Waals surface area (Å²) in [6.45, 7) is 0. The fraction of sp³-hybridized carbons (Fsp3) is 0.167. The predicted molar refractivity (Wildman–Crippen MR) is 94.1 cm³/mol. The van der Waals surface area contributed by atoms with Gasteiger partial charge in [-0.3, -0.25) is 4.79 Å². The highest BCUT2D eigenvalue weighted by atomic mass is 35.5. The second-order valence-electron chi connectivity index (χ2n) is 5.76.